The topological polar surface area (TPSA) is 95.9 Å². The monoisotopic (exact) mass is 509 g/mol. The van der Waals surface area contributed by atoms with Gasteiger partial charge in [-0.05, 0) is 49.4 Å². The Morgan fingerprint density at radius 2 is 1.78 bits per heavy atom. The number of fused-ring (bicyclic) bond motifs is 1. The maximum Gasteiger partial charge on any atom is 0.273 e. The van der Waals surface area contributed by atoms with Crippen LogP contribution in [0.4, 0.5) is 0 Å². The molecule has 188 valence electrons. The van der Waals surface area contributed by atoms with Crippen LogP contribution in [0.1, 0.15) is 72.5 Å². The first-order valence-corrected chi connectivity index (χ1v) is 13.0. The van der Waals surface area contributed by atoms with Crippen LogP contribution in [0.15, 0.2) is 30.7 Å². The highest BCUT2D eigenvalue weighted by Crippen LogP contribution is 2.37. The van der Waals surface area contributed by atoms with Gasteiger partial charge in [0.15, 0.2) is 0 Å². The molecule has 1 aromatic carbocycles. The third kappa shape index (κ3) is 4.14. The van der Waals surface area contributed by atoms with E-state index in [1.165, 1.54) is 11.4 Å². The van der Waals surface area contributed by atoms with Gasteiger partial charge in [0.05, 0.1) is 17.3 Å². The van der Waals surface area contributed by atoms with Crippen molar-refractivity contribution in [2.45, 2.75) is 69.6 Å². The van der Waals surface area contributed by atoms with Gasteiger partial charge in [0, 0.05) is 49.7 Å². The molecule has 4 heterocycles. The summed E-state index contributed by atoms with van der Waals surface area (Å²) in [5.41, 5.74) is 2.20. The van der Waals surface area contributed by atoms with Gasteiger partial charge in [-0.15, -0.1) is 0 Å². The Balaban J connectivity index is 1.14. The van der Waals surface area contributed by atoms with Crippen LogP contribution in [-0.2, 0) is 16.1 Å². The lowest BCUT2D eigenvalue weighted by molar-refractivity contribution is -0.163. The summed E-state index contributed by atoms with van der Waals surface area (Å²) in [5.74, 6) is 0.0774. The van der Waals surface area contributed by atoms with E-state index in [1.807, 2.05) is 12.1 Å². The minimum absolute atomic E-state index is 0.0529. The first-order valence-electron chi connectivity index (χ1n) is 12.7. The van der Waals surface area contributed by atoms with Crippen LogP contribution in [0, 0.1) is 0 Å². The number of aromatic nitrogens is 2. The fourth-order valence-corrected chi connectivity index (χ4v) is 6.17. The first kappa shape index (κ1) is 23.4. The quantitative estimate of drug-likeness (QED) is 0.570. The Kier molecular flexibility index (Phi) is 6.13. The van der Waals surface area contributed by atoms with Crippen molar-refractivity contribution in [2.24, 2.45) is 0 Å². The van der Waals surface area contributed by atoms with E-state index in [-0.39, 0.29) is 43.2 Å². The van der Waals surface area contributed by atoms with Crippen molar-refractivity contribution in [1.29, 1.82) is 0 Å². The summed E-state index contributed by atoms with van der Waals surface area (Å²) < 4.78 is 6.50. The first-order chi connectivity index (χ1) is 17.5. The van der Waals surface area contributed by atoms with E-state index in [9.17, 15) is 14.4 Å². The number of amides is 3. The van der Waals surface area contributed by atoms with Gasteiger partial charge in [-0.3, -0.25) is 19.3 Å². The average Bonchev–Trinajstić information content (AvgIpc) is 3.15. The number of rotatable bonds is 5. The van der Waals surface area contributed by atoms with E-state index < -0.39 is 0 Å². The van der Waals surface area contributed by atoms with Crippen LogP contribution in [0.3, 0.4) is 0 Å². The zero-order valence-corrected chi connectivity index (χ0v) is 20.7. The molecule has 10 heteroatoms. The summed E-state index contributed by atoms with van der Waals surface area (Å²) in [5, 5.41) is 2.93. The second-order valence-corrected chi connectivity index (χ2v) is 10.5. The molecular formula is C26H28ClN5O4. The number of hydrogen-bond acceptors (Lipinski definition) is 7. The number of hydrazine groups is 1. The Bertz CT molecular complexity index is 1200. The molecule has 2 saturated heterocycles. The molecule has 0 unspecified atom stereocenters. The standard InChI is InChI=1S/C26H28ClN5O4/c27-20-11-28-15-29-25(20)17-12-30(13-17)21-4-1-2-5-22(21)36-18-8-9-19-16(10-18)14-31(26(19)35)32-23(33)6-3-7-24(32)34/h8-11,15,17,21-22H,1-7,12-14H2/t21-,22+/m0/s1. The zero-order valence-electron chi connectivity index (χ0n) is 19.9. The number of halogens is 1. The summed E-state index contributed by atoms with van der Waals surface area (Å²) in [4.78, 5) is 48.5. The number of nitrogens with zero attached hydrogens (tertiary/aromatic N) is 5. The average molecular weight is 510 g/mol. The summed E-state index contributed by atoms with van der Waals surface area (Å²) in [6, 6.07) is 5.77. The molecule has 9 nitrogen and oxygen atoms in total. The zero-order chi connectivity index (χ0) is 24.8. The van der Waals surface area contributed by atoms with Crippen molar-refractivity contribution in [3.05, 3.63) is 52.6 Å². The van der Waals surface area contributed by atoms with E-state index in [2.05, 4.69) is 14.9 Å². The molecule has 1 saturated carbocycles. The maximum atomic E-state index is 13.0. The molecule has 6 rings (SSSR count). The smallest absolute Gasteiger partial charge is 0.273 e. The third-order valence-electron chi connectivity index (χ3n) is 7.77. The molecule has 0 radical (unpaired) electrons. The Hall–Kier alpha value is -3.04. The van der Waals surface area contributed by atoms with Gasteiger partial charge in [0.2, 0.25) is 11.8 Å². The lowest BCUT2D eigenvalue weighted by atomic mass is 9.85. The summed E-state index contributed by atoms with van der Waals surface area (Å²) in [6.07, 6.45) is 8.68. The Morgan fingerprint density at radius 1 is 1.00 bits per heavy atom. The molecule has 2 aromatic rings. The van der Waals surface area contributed by atoms with Gasteiger partial charge in [-0.1, -0.05) is 18.0 Å². The van der Waals surface area contributed by atoms with E-state index in [0.29, 0.717) is 34.7 Å². The molecule has 3 amide bonds. The van der Waals surface area contributed by atoms with Crippen LogP contribution in [-0.4, -0.2) is 67.8 Å². The molecule has 1 aromatic heterocycles. The predicted octanol–water partition coefficient (Wildman–Crippen LogP) is 3.33. The van der Waals surface area contributed by atoms with Crippen molar-refractivity contribution in [2.75, 3.05) is 13.1 Å². The summed E-state index contributed by atoms with van der Waals surface area (Å²) in [7, 11) is 0. The SMILES string of the molecule is O=C1c2ccc(O[C@@H]3CCCC[C@@H]3N3CC(c4ncncc4Cl)C3)cc2CN1N1C(=O)CCCC1=O. The second-order valence-electron chi connectivity index (χ2n) is 10.0. The fourth-order valence-electron chi connectivity index (χ4n) is 5.91. The van der Waals surface area contributed by atoms with Crippen molar-refractivity contribution >= 4 is 29.3 Å². The highest BCUT2D eigenvalue weighted by Gasteiger charge is 2.41. The molecule has 0 N–H and O–H groups in total. The van der Waals surface area contributed by atoms with Crippen LogP contribution in [0.25, 0.3) is 0 Å². The predicted molar refractivity (Wildman–Crippen MR) is 130 cm³/mol. The largest absolute Gasteiger partial charge is 0.489 e. The van der Waals surface area contributed by atoms with E-state index in [4.69, 9.17) is 16.3 Å². The molecule has 36 heavy (non-hydrogen) atoms. The van der Waals surface area contributed by atoms with Crippen molar-refractivity contribution < 1.29 is 19.1 Å². The molecule has 4 aliphatic rings. The molecule has 0 spiro atoms. The van der Waals surface area contributed by atoms with Crippen LogP contribution in [0.2, 0.25) is 5.02 Å². The van der Waals surface area contributed by atoms with Crippen molar-refractivity contribution in [3.8, 4) is 5.75 Å². The number of piperidine rings is 1. The molecule has 3 aliphatic heterocycles. The molecule has 2 atom stereocenters. The van der Waals surface area contributed by atoms with Gasteiger partial charge in [0.25, 0.3) is 5.91 Å². The summed E-state index contributed by atoms with van der Waals surface area (Å²) in [6.45, 7) is 1.99. The van der Waals surface area contributed by atoms with Gasteiger partial charge in [-0.25, -0.2) is 15.0 Å². The number of hydrogen-bond donors (Lipinski definition) is 0. The van der Waals surface area contributed by atoms with E-state index >= 15 is 0 Å². The molecular weight excluding hydrogens is 482 g/mol. The second kappa shape index (κ2) is 9.44. The van der Waals surface area contributed by atoms with Gasteiger partial charge in [0.1, 0.15) is 18.2 Å². The molecule has 0 bridgehead atoms. The highest BCUT2D eigenvalue weighted by atomic mass is 35.5. The van der Waals surface area contributed by atoms with E-state index in [1.54, 1.807) is 18.6 Å². The Morgan fingerprint density at radius 3 is 2.56 bits per heavy atom. The van der Waals surface area contributed by atoms with E-state index in [0.717, 1.165) is 48.6 Å². The Labute approximate surface area is 214 Å². The number of benzene rings is 1. The van der Waals surface area contributed by atoms with Gasteiger partial charge < -0.3 is 4.74 Å². The number of ether oxygens (including phenoxy) is 1. The van der Waals surface area contributed by atoms with Crippen LogP contribution >= 0.6 is 11.6 Å². The lowest BCUT2D eigenvalue weighted by Crippen LogP contribution is -2.57. The van der Waals surface area contributed by atoms with Gasteiger partial charge >= 0.3 is 0 Å². The van der Waals surface area contributed by atoms with Crippen molar-refractivity contribution in [3.63, 3.8) is 0 Å². The van der Waals surface area contributed by atoms with Gasteiger partial charge in [-0.2, -0.15) is 5.01 Å². The maximum absolute atomic E-state index is 13.0. The normalized spacial score (nSPS) is 25.2. The van der Waals surface area contributed by atoms with Crippen LogP contribution < -0.4 is 4.74 Å². The van der Waals surface area contributed by atoms with Crippen molar-refractivity contribution in [1.82, 2.24) is 24.9 Å². The highest BCUT2D eigenvalue weighted by molar-refractivity contribution is 6.31. The fraction of sp³-hybridized carbons (Fsp3) is 0.500. The minimum atomic E-state index is -0.315. The van der Waals surface area contributed by atoms with Crippen LogP contribution in [0.5, 0.6) is 5.75 Å². The third-order valence-corrected chi connectivity index (χ3v) is 8.06. The number of likely N-dealkylation sites (tertiary alicyclic amines) is 1. The molecule has 1 aliphatic carbocycles. The number of carbonyl (C=O) groups excluding carboxylic acids is 3. The number of carbonyl (C=O) groups is 3. The summed E-state index contributed by atoms with van der Waals surface area (Å²) >= 11 is 6.30. The minimum Gasteiger partial charge on any atom is -0.489 e. The lowest BCUT2D eigenvalue weighted by Gasteiger charge is -2.48. The molecule has 3 fully saturated rings. The number of imide groups is 1.